The average molecular weight is 214 g/mol. The summed E-state index contributed by atoms with van der Waals surface area (Å²) in [5, 5.41) is 0. The zero-order valence-corrected chi connectivity index (χ0v) is 6.83. The van der Waals surface area contributed by atoms with Gasteiger partial charge in [-0.1, -0.05) is 0 Å². The first kappa shape index (κ1) is 10.6. The van der Waals surface area contributed by atoms with Crippen LogP contribution in [0, 0.1) is 0 Å². The Bertz CT molecular complexity index is 261. The van der Waals surface area contributed by atoms with Crippen LogP contribution in [-0.4, -0.2) is 37.6 Å². The molecule has 80 valence electrons. The summed E-state index contributed by atoms with van der Waals surface area (Å²) in [6, 6.07) is 0. The Balaban J connectivity index is 2.83. The number of halogens is 3. The third kappa shape index (κ3) is 1.88. The van der Waals surface area contributed by atoms with Gasteiger partial charge >= 0.3 is 18.3 Å². The van der Waals surface area contributed by atoms with Gasteiger partial charge in [0.25, 0.3) is 0 Å². The van der Waals surface area contributed by atoms with E-state index < -0.39 is 30.5 Å². The van der Waals surface area contributed by atoms with Gasteiger partial charge in [0.1, 0.15) is 0 Å². The first-order chi connectivity index (χ1) is 6.36. The fraction of sp³-hybridized carbons (Fsp3) is 0.667. The van der Waals surface area contributed by atoms with Crippen LogP contribution in [0.2, 0.25) is 0 Å². The third-order valence-corrected chi connectivity index (χ3v) is 1.48. The van der Waals surface area contributed by atoms with Crippen molar-refractivity contribution in [3.63, 3.8) is 0 Å². The molecule has 1 fully saturated rings. The maximum atomic E-state index is 12.1. The van der Waals surface area contributed by atoms with Gasteiger partial charge in [-0.05, 0) is 0 Å². The lowest BCUT2D eigenvalue weighted by Crippen LogP contribution is -2.42. The number of methoxy groups -OCH3 is 1. The van der Waals surface area contributed by atoms with E-state index in [1.165, 1.54) is 0 Å². The van der Waals surface area contributed by atoms with Crippen LogP contribution in [-0.2, 0) is 19.0 Å². The van der Waals surface area contributed by atoms with Crippen molar-refractivity contribution in [3.05, 3.63) is 0 Å². The van der Waals surface area contributed by atoms with Gasteiger partial charge in [0, 0.05) is 0 Å². The van der Waals surface area contributed by atoms with Crippen molar-refractivity contribution in [1.82, 2.24) is 0 Å². The normalized spacial score (nSPS) is 26.7. The number of alkyl halides is 3. The number of carbonyl (C=O) groups is 2. The van der Waals surface area contributed by atoms with E-state index in [2.05, 4.69) is 14.2 Å². The first-order valence-corrected chi connectivity index (χ1v) is 3.38. The zero-order valence-electron chi connectivity index (χ0n) is 6.83. The summed E-state index contributed by atoms with van der Waals surface area (Å²) in [6.07, 6.45) is -11.1. The summed E-state index contributed by atoms with van der Waals surface area (Å²) in [5.41, 5.74) is 0. The van der Waals surface area contributed by atoms with E-state index in [0.29, 0.717) is 0 Å². The molecule has 0 bridgehead atoms. The molecule has 0 amide bonds. The number of cyclic esters (lactones) is 2. The van der Waals surface area contributed by atoms with Gasteiger partial charge in [-0.3, -0.25) is 0 Å². The average Bonchev–Trinajstić information content (AvgIpc) is 2.45. The Hall–Kier alpha value is -1.47. The van der Waals surface area contributed by atoms with Crippen LogP contribution in [0.5, 0.6) is 0 Å². The highest BCUT2D eigenvalue weighted by molar-refractivity contribution is 5.80. The lowest BCUT2D eigenvalue weighted by molar-refractivity contribution is -0.208. The van der Waals surface area contributed by atoms with Crippen molar-refractivity contribution in [3.8, 4) is 0 Å². The van der Waals surface area contributed by atoms with Gasteiger partial charge in [0.2, 0.25) is 12.2 Å². The minimum atomic E-state index is -4.86. The first-order valence-electron chi connectivity index (χ1n) is 3.38. The predicted molar refractivity (Wildman–Crippen MR) is 33.2 cm³/mol. The maximum Gasteiger partial charge on any atom is 0.510 e. The number of rotatable bonds is 1. The van der Waals surface area contributed by atoms with E-state index in [1.54, 1.807) is 0 Å². The Morgan fingerprint density at radius 1 is 1.43 bits per heavy atom. The minimum Gasteiger partial charge on any atom is -0.466 e. The van der Waals surface area contributed by atoms with Crippen LogP contribution >= 0.6 is 0 Å². The summed E-state index contributed by atoms with van der Waals surface area (Å²) in [4.78, 5) is 21.1. The molecule has 1 aliphatic heterocycles. The SMILES string of the molecule is COC(=O)C1OC(=O)OC1C(F)(F)F. The second kappa shape index (κ2) is 3.35. The van der Waals surface area contributed by atoms with E-state index >= 15 is 0 Å². The molecule has 0 spiro atoms. The van der Waals surface area contributed by atoms with Gasteiger partial charge in [-0.15, -0.1) is 0 Å². The molecule has 1 aliphatic rings. The van der Waals surface area contributed by atoms with E-state index in [4.69, 9.17) is 0 Å². The maximum absolute atomic E-state index is 12.1. The third-order valence-electron chi connectivity index (χ3n) is 1.48. The minimum absolute atomic E-state index is 0.877. The molecule has 0 aromatic rings. The highest BCUT2D eigenvalue weighted by Crippen LogP contribution is 2.31. The van der Waals surface area contributed by atoms with Gasteiger partial charge in [-0.25, -0.2) is 9.59 Å². The van der Waals surface area contributed by atoms with E-state index in [-0.39, 0.29) is 0 Å². The van der Waals surface area contributed by atoms with Crippen molar-refractivity contribution < 1.29 is 37.0 Å². The van der Waals surface area contributed by atoms with Crippen molar-refractivity contribution in [1.29, 1.82) is 0 Å². The van der Waals surface area contributed by atoms with E-state index in [1.807, 2.05) is 0 Å². The van der Waals surface area contributed by atoms with Crippen LogP contribution in [0.3, 0.4) is 0 Å². The Morgan fingerprint density at radius 3 is 2.43 bits per heavy atom. The summed E-state index contributed by atoms with van der Waals surface area (Å²) < 4.78 is 48.1. The number of carbonyl (C=O) groups excluding carboxylic acids is 2. The largest absolute Gasteiger partial charge is 0.510 e. The molecule has 2 unspecified atom stereocenters. The molecule has 2 atom stereocenters. The Labute approximate surface area is 75.7 Å². The molecule has 0 saturated carbocycles. The lowest BCUT2D eigenvalue weighted by atomic mass is 10.2. The smallest absolute Gasteiger partial charge is 0.466 e. The van der Waals surface area contributed by atoms with E-state index in [9.17, 15) is 22.8 Å². The van der Waals surface area contributed by atoms with Gasteiger partial charge in [0.15, 0.2) is 0 Å². The van der Waals surface area contributed by atoms with E-state index in [0.717, 1.165) is 7.11 Å². The molecule has 0 aromatic heterocycles. The number of hydrogen-bond donors (Lipinski definition) is 0. The van der Waals surface area contributed by atoms with Crippen molar-refractivity contribution >= 4 is 12.1 Å². The molecule has 1 saturated heterocycles. The fourth-order valence-corrected chi connectivity index (χ4v) is 0.885. The Kier molecular flexibility index (Phi) is 2.54. The molecular weight excluding hydrogens is 209 g/mol. The highest BCUT2D eigenvalue weighted by atomic mass is 19.4. The summed E-state index contributed by atoms with van der Waals surface area (Å²) in [7, 11) is 0.877. The van der Waals surface area contributed by atoms with Crippen molar-refractivity contribution in [2.75, 3.05) is 7.11 Å². The van der Waals surface area contributed by atoms with Gasteiger partial charge < -0.3 is 14.2 Å². The van der Waals surface area contributed by atoms with Crippen LogP contribution in [0.4, 0.5) is 18.0 Å². The number of ether oxygens (including phenoxy) is 3. The van der Waals surface area contributed by atoms with Gasteiger partial charge in [0.05, 0.1) is 7.11 Å². The highest BCUT2D eigenvalue weighted by Gasteiger charge is 2.57. The molecular formula is C6H5F3O5. The lowest BCUT2D eigenvalue weighted by Gasteiger charge is -2.15. The topological polar surface area (TPSA) is 61.8 Å². The quantitative estimate of drug-likeness (QED) is 0.599. The molecule has 0 N–H and O–H groups in total. The molecule has 0 radical (unpaired) electrons. The molecule has 0 aliphatic carbocycles. The fourth-order valence-electron chi connectivity index (χ4n) is 0.885. The molecule has 14 heavy (non-hydrogen) atoms. The zero-order chi connectivity index (χ0) is 10.9. The standard InChI is InChI=1S/C6H5F3O5/c1-12-4(10)2-3(6(7,8)9)14-5(11)13-2/h2-3H,1H3. The molecule has 1 rings (SSSR count). The van der Waals surface area contributed by atoms with Crippen LogP contribution in [0.15, 0.2) is 0 Å². The summed E-state index contributed by atoms with van der Waals surface area (Å²) in [6.45, 7) is 0. The predicted octanol–water partition coefficient (Wildman–Crippen LogP) is 0.626. The van der Waals surface area contributed by atoms with Gasteiger partial charge in [-0.2, -0.15) is 13.2 Å². The summed E-state index contributed by atoms with van der Waals surface area (Å²) >= 11 is 0. The summed E-state index contributed by atoms with van der Waals surface area (Å²) in [5.74, 6) is -1.31. The molecule has 5 nitrogen and oxygen atoms in total. The van der Waals surface area contributed by atoms with Crippen molar-refractivity contribution in [2.24, 2.45) is 0 Å². The number of hydrogen-bond acceptors (Lipinski definition) is 5. The molecule has 8 heteroatoms. The second-order valence-corrected chi connectivity index (χ2v) is 2.39. The monoisotopic (exact) mass is 214 g/mol. The molecule has 1 heterocycles. The Morgan fingerprint density at radius 2 is 2.00 bits per heavy atom. The van der Waals surface area contributed by atoms with Crippen molar-refractivity contribution in [2.45, 2.75) is 18.4 Å². The second-order valence-electron chi connectivity index (χ2n) is 2.39. The van der Waals surface area contributed by atoms with Crippen LogP contribution in [0.25, 0.3) is 0 Å². The van der Waals surface area contributed by atoms with Crippen LogP contribution in [0.1, 0.15) is 0 Å². The van der Waals surface area contributed by atoms with Crippen LogP contribution < -0.4 is 0 Å². The molecule has 0 aromatic carbocycles. The number of esters is 1.